The van der Waals surface area contributed by atoms with Gasteiger partial charge in [-0.05, 0) is 43.9 Å². The molecule has 2 rings (SSSR count). The number of rotatable bonds is 5. The molecular formula is C17H26FN3O2. The highest BCUT2D eigenvalue weighted by molar-refractivity contribution is 5.74. The van der Waals surface area contributed by atoms with Crippen LogP contribution in [-0.2, 0) is 6.54 Å². The lowest BCUT2D eigenvalue weighted by Gasteiger charge is -2.31. The summed E-state index contributed by atoms with van der Waals surface area (Å²) in [5.41, 5.74) is 1.28. The molecule has 0 aromatic heterocycles. The number of aliphatic hydroxyl groups excluding tert-OH is 1. The zero-order chi connectivity index (χ0) is 16.8. The molecule has 5 nitrogen and oxygen atoms in total. The summed E-state index contributed by atoms with van der Waals surface area (Å²) in [5.74, 6) is -0.289. The number of benzene rings is 1. The summed E-state index contributed by atoms with van der Waals surface area (Å²) in [4.78, 5) is 13.6. The molecule has 23 heavy (non-hydrogen) atoms. The van der Waals surface area contributed by atoms with Gasteiger partial charge < -0.3 is 20.6 Å². The second-order valence-electron chi connectivity index (χ2n) is 6.14. The number of hydrogen-bond donors (Lipinski definition) is 3. The average molecular weight is 323 g/mol. The zero-order valence-corrected chi connectivity index (χ0v) is 13.8. The highest BCUT2D eigenvalue weighted by Crippen LogP contribution is 2.24. The molecular weight excluding hydrogens is 297 g/mol. The van der Waals surface area contributed by atoms with Crippen LogP contribution in [0.2, 0.25) is 0 Å². The van der Waals surface area contributed by atoms with Gasteiger partial charge in [-0.15, -0.1) is 0 Å². The van der Waals surface area contributed by atoms with E-state index in [-0.39, 0.29) is 30.5 Å². The fourth-order valence-electron chi connectivity index (χ4n) is 2.58. The Labute approximate surface area is 136 Å². The van der Waals surface area contributed by atoms with Gasteiger partial charge >= 0.3 is 6.03 Å². The summed E-state index contributed by atoms with van der Waals surface area (Å²) in [6.07, 6.45) is 1.92. The highest BCUT2D eigenvalue weighted by Gasteiger charge is 2.19. The van der Waals surface area contributed by atoms with Crippen LogP contribution in [0.4, 0.5) is 14.9 Å². The first kappa shape index (κ1) is 17.5. The van der Waals surface area contributed by atoms with Crippen molar-refractivity contribution in [2.75, 3.05) is 18.0 Å². The number of hydrogen-bond acceptors (Lipinski definition) is 3. The number of halogens is 1. The molecule has 1 fully saturated rings. The van der Waals surface area contributed by atoms with Crippen molar-refractivity contribution < 1.29 is 14.3 Å². The molecule has 0 radical (unpaired) electrons. The maximum Gasteiger partial charge on any atom is 0.315 e. The minimum Gasteiger partial charge on any atom is -0.393 e. The van der Waals surface area contributed by atoms with Crippen molar-refractivity contribution >= 4 is 11.7 Å². The fraction of sp³-hybridized carbons (Fsp3) is 0.588. The van der Waals surface area contributed by atoms with E-state index in [1.807, 2.05) is 24.8 Å². The minimum atomic E-state index is -0.289. The fourth-order valence-corrected chi connectivity index (χ4v) is 2.58. The van der Waals surface area contributed by atoms with Crippen molar-refractivity contribution in [3.63, 3.8) is 0 Å². The summed E-state index contributed by atoms with van der Waals surface area (Å²) in [6, 6.07) is 4.91. The lowest BCUT2D eigenvalue weighted by Crippen LogP contribution is -2.40. The molecule has 2 amide bonds. The van der Waals surface area contributed by atoms with Gasteiger partial charge in [-0.3, -0.25) is 0 Å². The summed E-state index contributed by atoms with van der Waals surface area (Å²) < 4.78 is 14.3. The van der Waals surface area contributed by atoms with Crippen LogP contribution in [0, 0.1) is 5.82 Å². The molecule has 6 heteroatoms. The van der Waals surface area contributed by atoms with E-state index < -0.39 is 0 Å². The van der Waals surface area contributed by atoms with E-state index in [0.29, 0.717) is 31.6 Å². The maximum absolute atomic E-state index is 14.3. The number of nitrogens with one attached hydrogen (secondary N) is 2. The van der Waals surface area contributed by atoms with Gasteiger partial charge in [-0.1, -0.05) is 13.0 Å². The Kier molecular flexibility index (Phi) is 6.21. The van der Waals surface area contributed by atoms with Crippen LogP contribution in [-0.4, -0.2) is 36.4 Å². The quantitative estimate of drug-likeness (QED) is 0.779. The molecule has 128 valence electrons. The van der Waals surface area contributed by atoms with Crippen LogP contribution in [0.25, 0.3) is 0 Å². The number of piperidine rings is 1. The molecule has 1 heterocycles. The topological polar surface area (TPSA) is 64.6 Å². The van der Waals surface area contributed by atoms with Crippen molar-refractivity contribution in [3.8, 4) is 0 Å². The number of carbonyl (C=O) groups excluding carboxylic acids is 1. The zero-order valence-electron chi connectivity index (χ0n) is 13.8. The first-order valence-corrected chi connectivity index (χ1v) is 8.25. The lowest BCUT2D eigenvalue weighted by atomic mass is 10.1. The smallest absolute Gasteiger partial charge is 0.315 e. The molecule has 1 aromatic rings. The number of nitrogens with zero attached hydrogens (tertiary/aromatic N) is 1. The van der Waals surface area contributed by atoms with Crippen LogP contribution in [0.1, 0.15) is 38.7 Å². The largest absolute Gasteiger partial charge is 0.393 e. The highest BCUT2D eigenvalue weighted by atomic mass is 19.1. The van der Waals surface area contributed by atoms with Gasteiger partial charge in [0.25, 0.3) is 0 Å². The molecule has 1 aliphatic rings. The average Bonchev–Trinajstić information content (AvgIpc) is 2.54. The van der Waals surface area contributed by atoms with Crippen LogP contribution < -0.4 is 15.5 Å². The number of carbonyl (C=O) groups is 1. The Balaban J connectivity index is 1.90. The monoisotopic (exact) mass is 323 g/mol. The molecule has 0 spiro atoms. The number of urea groups is 1. The standard InChI is InChI=1S/C17H26FN3O2/c1-3-12(2)20-17(23)19-11-13-4-5-16(15(18)10-13)21-8-6-14(22)7-9-21/h4-5,10,12,14,22H,3,6-9,11H2,1-2H3,(H2,19,20,23). The van der Waals surface area contributed by atoms with Crippen LogP contribution in [0.15, 0.2) is 18.2 Å². The van der Waals surface area contributed by atoms with Crippen molar-refractivity contribution in [3.05, 3.63) is 29.6 Å². The number of anilines is 1. The van der Waals surface area contributed by atoms with E-state index in [2.05, 4.69) is 10.6 Å². The second-order valence-corrected chi connectivity index (χ2v) is 6.14. The van der Waals surface area contributed by atoms with E-state index >= 15 is 0 Å². The Morgan fingerprint density at radius 1 is 1.43 bits per heavy atom. The van der Waals surface area contributed by atoms with E-state index in [0.717, 1.165) is 12.0 Å². The van der Waals surface area contributed by atoms with Gasteiger partial charge in [0.15, 0.2) is 0 Å². The summed E-state index contributed by atoms with van der Waals surface area (Å²) in [5, 5.41) is 15.1. The molecule has 3 N–H and O–H groups in total. The maximum atomic E-state index is 14.3. The molecule has 1 saturated heterocycles. The Hall–Kier alpha value is -1.82. The second kappa shape index (κ2) is 8.15. The summed E-state index contributed by atoms with van der Waals surface area (Å²) in [7, 11) is 0. The van der Waals surface area contributed by atoms with Gasteiger partial charge in [0, 0.05) is 25.7 Å². The predicted molar refractivity (Wildman–Crippen MR) is 89.0 cm³/mol. The Morgan fingerprint density at radius 2 is 2.13 bits per heavy atom. The minimum absolute atomic E-state index is 0.114. The molecule has 0 bridgehead atoms. The van der Waals surface area contributed by atoms with E-state index in [1.54, 1.807) is 6.07 Å². The summed E-state index contributed by atoms with van der Waals surface area (Å²) in [6.45, 7) is 5.54. The summed E-state index contributed by atoms with van der Waals surface area (Å²) >= 11 is 0. The van der Waals surface area contributed by atoms with E-state index in [1.165, 1.54) is 6.07 Å². The van der Waals surface area contributed by atoms with E-state index in [9.17, 15) is 14.3 Å². The van der Waals surface area contributed by atoms with Crippen LogP contribution in [0.5, 0.6) is 0 Å². The first-order chi connectivity index (χ1) is 11.0. The van der Waals surface area contributed by atoms with Crippen molar-refractivity contribution in [1.82, 2.24) is 10.6 Å². The van der Waals surface area contributed by atoms with Crippen molar-refractivity contribution in [1.29, 1.82) is 0 Å². The number of amides is 2. The van der Waals surface area contributed by atoms with E-state index in [4.69, 9.17) is 0 Å². The van der Waals surface area contributed by atoms with Crippen molar-refractivity contribution in [2.24, 2.45) is 0 Å². The van der Waals surface area contributed by atoms with Gasteiger partial charge in [-0.25, -0.2) is 9.18 Å². The normalized spacial score (nSPS) is 17.0. The van der Waals surface area contributed by atoms with Gasteiger partial charge in [0.1, 0.15) is 5.82 Å². The molecule has 1 aliphatic heterocycles. The van der Waals surface area contributed by atoms with Crippen LogP contribution >= 0.6 is 0 Å². The van der Waals surface area contributed by atoms with Crippen molar-refractivity contribution in [2.45, 2.75) is 51.8 Å². The molecule has 0 saturated carbocycles. The number of aliphatic hydroxyl groups is 1. The molecule has 0 aliphatic carbocycles. The first-order valence-electron chi connectivity index (χ1n) is 8.25. The third-order valence-corrected chi connectivity index (χ3v) is 4.26. The predicted octanol–water partition coefficient (Wildman–Crippen LogP) is 2.38. The van der Waals surface area contributed by atoms with Gasteiger partial charge in [-0.2, -0.15) is 0 Å². The third-order valence-electron chi connectivity index (χ3n) is 4.26. The van der Waals surface area contributed by atoms with Gasteiger partial charge in [0.05, 0.1) is 11.8 Å². The lowest BCUT2D eigenvalue weighted by molar-refractivity contribution is 0.145. The SMILES string of the molecule is CCC(C)NC(=O)NCc1ccc(N2CCC(O)CC2)c(F)c1. The Bertz CT molecular complexity index is 531. The van der Waals surface area contributed by atoms with Crippen LogP contribution in [0.3, 0.4) is 0 Å². The Morgan fingerprint density at radius 3 is 2.74 bits per heavy atom. The third kappa shape index (κ3) is 5.10. The molecule has 1 atom stereocenters. The molecule has 1 aromatic carbocycles. The van der Waals surface area contributed by atoms with Gasteiger partial charge in [0.2, 0.25) is 0 Å². The molecule has 1 unspecified atom stereocenters.